The molecule has 5 nitrogen and oxygen atoms in total. The molecule has 0 fully saturated rings. The van der Waals surface area contributed by atoms with E-state index < -0.39 is 17.7 Å². The molecular formula is C19H21F3N4O+2. The highest BCUT2D eigenvalue weighted by atomic mass is 19.4. The maximum Gasteiger partial charge on any atom is 0.488 e. The molecule has 2 heterocycles. The number of anilines is 1. The summed E-state index contributed by atoms with van der Waals surface area (Å²) in [7, 11) is 0. The monoisotopic (exact) mass is 378 g/mol. The predicted molar refractivity (Wildman–Crippen MR) is 93.7 cm³/mol. The maximum absolute atomic E-state index is 14.2. The Balaban J connectivity index is 2.16. The van der Waals surface area contributed by atoms with Crippen molar-refractivity contribution in [3.63, 3.8) is 0 Å². The Labute approximate surface area is 154 Å². The number of alkyl halides is 3. The first-order valence-electron chi connectivity index (χ1n) is 8.65. The second kappa shape index (κ2) is 7.02. The molecule has 0 radical (unpaired) electrons. The van der Waals surface area contributed by atoms with Gasteiger partial charge in [-0.15, -0.1) is 0 Å². The van der Waals surface area contributed by atoms with Crippen molar-refractivity contribution in [3.05, 3.63) is 59.8 Å². The van der Waals surface area contributed by atoms with E-state index in [4.69, 9.17) is 0 Å². The number of H-pyrrole nitrogens is 1. The summed E-state index contributed by atoms with van der Waals surface area (Å²) in [6.45, 7) is 3.65. The molecule has 1 aliphatic rings. The zero-order valence-electron chi connectivity index (χ0n) is 15.0. The lowest BCUT2D eigenvalue weighted by atomic mass is 10.1. The van der Waals surface area contributed by atoms with Crippen LogP contribution < -0.4 is 15.3 Å². The molecule has 0 saturated heterocycles. The number of aryl methyl sites for hydroxylation is 1. The number of halogens is 3. The van der Waals surface area contributed by atoms with Gasteiger partial charge in [-0.1, -0.05) is 25.1 Å². The van der Waals surface area contributed by atoms with Crippen LogP contribution in [-0.2, 0) is 4.79 Å². The zero-order valence-corrected chi connectivity index (χ0v) is 15.0. The third-order valence-corrected chi connectivity index (χ3v) is 4.44. The van der Waals surface area contributed by atoms with Gasteiger partial charge in [0, 0.05) is 5.56 Å². The smallest absolute Gasteiger partial charge is 0.247 e. The van der Waals surface area contributed by atoms with Crippen molar-refractivity contribution in [2.75, 3.05) is 11.9 Å². The van der Waals surface area contributed by atoms with Crippen molar-refractivity contribution >= 4 is 17.6 Å². The molecule has 3 rings (SSSR count). The lowest BCUT2D eigenvalue weighted by Crippen LogP contribution is -2.94. The molecule has 1 aliphatic heterocycles. The van der Waals surface area contributed by atoms with Gasteiger partial charge in [-0.05, 0) is 37.6 Å². The Morgan fingerprint density at radius 3 is 2.44 bits per heavy atom. The Morgan fingerprint density at radius 1 is 1.15 bits per heavy atom. The minimum atomic E-state index is -4.87. The van der Waals surface area contributed by atoms with Crippen LogP contribution in [0.5, 0.6) is 0 Å². The number of amides is 1. The minimum absolute atomic E-state index is 0.126. The van der Waals surface area contributed by atoms with Crippen molar-refractivity contribution in [2.24, 2.45) is 0 Å². The van der Waals surface area contributed by atoms with Crippen LogP contribution in [0.3, 0.4) is 0 Å². The molecule has 1 aromatic heterocycles. The van der Waals surface area contributed by atoms with Crippen molar-refractivity contribution in [1.82, 2.24) is 4.90 Å². The number of nitrogens with zero attached hydrogens (tertiary/aromatic N) is 1. The SMILES string of the molecule is CCCN1C(=O)[C@@](Nc2[nH+]cccc2C)(C(F)(F)F)[NH+]=C1c1ccccc1. The second-order valence-electron chi connectivity index (χ2n) is 6.40. The highest BCUT2D eigenvalue weighted by Gasteiger charge is 2.75. The van der Waals surface area contributed by atoms with Gasteiger partial charge in [-0.25, -0.2) is 20.1 Å². The predicted octanol–water partition coefficient (Wildman–Crippen LogP) is 1.26. The van der Waals surface area contributed by atoms with Gasteiger partial charge in [0.25, 0.3) is 11.7 Å². The standard InChI is InChI=1S/C19H19F3N4O/c1-3-12-26-16(14-9-5-4-6-10-14)25-18(17(26)27,19(20,21)22)24-15-13(2)8-7-11-23-15/h4-11H,3,12H2,1-2H3,(H,23,24)/p+2/t18-/m0/s1. The summed E-state index contributed by atoms with van der Waals surface area (Å²) in [5.74, 6) is -0.811. The molecule has 0 unspecified atom stereocenters. The van der Waals surface area contributed by atoms with Crippen LogP contribution in [0.15, 0.2) is 48.7 Å². The first kappa shape index (κ1) is 18.9. The lowest BCUT2D eigenvalue weighted by Gasteiger charge is -2.21. The molecule has 27 heavy (non-hydrogen) atoms. The number of aromatic nitrogens is 1. The zero-order chi connectivity index (χ0) is 19.7. The number of hydrogen-bond acceptors (Lipinski definition) is 2. The van der Waals surface area contributed by atoms with E-state index in [1.165, 1.54) is 6.20 Å². The van der Waals surface area contributed by atoms with E-state index in [0.717, 1.165) is 4.90 Å². The molecule has 0 saturated carbocycles. The van der Waals surface area contributed by atoms with Gasteiger partial charge >= 0.3 is 17.7 Å². The molecule has 1 amide bonds. The van der Waals surface area contributed by atoms with Crippen LogP contribution >= 0.6 is 0 Å². The highest BCUT2D eigenvalue weighted by Crippen LogP contribution is 2.32. The highest BCUT2D eigenvalue weighted by molar-refractivity contribution is 6.11. The Hall–Kier alpha value is -2.90. The van der Waals surface area contributed by atoms with Gasteiger partial charge in [-0.2, -0.15) is 18.1 Å². The number of rotatable bonds is 5. The van der Waals surface area contributed by atoms with Gasteiger partial charge in [0.2, 0.25) is 0 Å². The average Bonchev–Trinajstić information content (AvgIpc) is 2.92. The largest absolute Gasteiger partial charge is 0.488 e. The van der Waals surface area contributed by atoms with Crippen LogP contribution in [0.4, 0.5) is 19.0 Å². The molecule has 0 spiro atoms. The molecule has 1 atom stereocenters. The summed E-state index contributed by atoms with van der Waals surface area (Å²) in [5, 5.41) is 2.40. The third-order valence-electron chi connectivity index (χ3n) is 4.44. The molecule has 0 aliphatic carbocycles. The molecule has 0 bridgehead atoms. The summed E-state index contributed by atoms with van der Waals surface area (Å²) >= 11 is 0. The Bertz CT molecular complexity index is 867. The van der Waals surface area contributed by atoms with Crippen LogP contribution in [-0.4, -0.2) is 35.0 Å². The van der Waals surface area contributed by atoms with Crippen LogP contribution in [0.1, 0.15) is 24.5 Å². The van der Waals surface area contributed by atoms with Crippen LogP contribution in [0, 0.1) is 6.92 Å². The Morgan fingerprint density at radius 2 is 1.85 bits per heavy atom. The molecule has 1 aromatic carbocycles. The van der Waals surface area contributed by atoms with Gasteiger partial charge in [-0.3, -0.25) is 0 Å². The van der Waals surface area contributed by atoms with E-state index in [1.54, 1.807) is 49.4 Å². The summed E-state index contributed by atoms with van der Waals surface area (Å²) in [6.07, 6.45) is -2.85. The fourth-order valence-corrected chi connectivity index (χ4v) is 3.05. The molecule has 142 valence electrons. The van der Waals surface area contributed by atoms with Crippen LogP contribution in [0.25, 0.3) is 0 Å². The van der Waals surface area contributed by atoms with Gasteiger partial charge < -0.3 is 0 Å². The normalized spacial score (nSPS) is 20.0. The average molecular weight is 378 g/mol. The number of pyridine rings is 1. The van der Waals surface area contributed by atoms with Gasteiger partial charge in [0.1, 0.15) is 0 Å². The fraction of sp³-hybridized carbons (Fsp3) is 0.316. The molecule has 2 aromatic rings. The topological polar surface area (TPSA) is 60.5 Å². The molecule has 3 N–H and O–H groups in total. The van der Waals surface area contributed by atoms with E-state index in [9.17, 15) is 18.0 Å². The van der Waals surface area contributed by atoms with Gasteiger partial charge in [0.05, 0.1) is 18.3 Å². The number of hydrogen-bond donors (Lipinski definition) is 2. The Kier molecular flexibility index (Phi) is 4.91. The number of nitrogens with one attached hydrogen (secondary N) is 3. The van der Waals surface area contributed by atoms with E-state index in [-0.39, 0.29) is 18.2 Å². The fourth-order valence-electron chi connectivity index (χ4n) is 3.05. The first-order chi connectivity index (χ1) is 12.8. The summed E-state index contributed by atoms with van der Waals surface area (Å²) in [4.78, 5) is 19.4. The van der Waals surface area contributed by atoms with E-state index in [1.807, 2.05) is 6.92 Å². The van der Waals surface area contributed by atoms with E-state index >= 15 is 0 Å². The van der Waals surface area contributed by atoms with Crippen molar-refractivity contribution in [2.45, 2.75) is 32.1 Å². The lowest BCUT2D eigenvalue weighted by molar-refractivity contribution is -0.568. The quantitative estimate of drug-likeness (QED) is 0.823. The van der Waals surface area contributed by atoms with Crippen molar-refractivity contribution in [1.29, 1.82) is 0 Å². The summed E-state index contributed by atoms with van der Waals surface area (Å²) < 4.78 is 42.6. The van der Waals surface area contributed by atoms with Crippen molar-refractivity contribution in [3.8, 4) is 0 Å². The number of benzene rings is 1. The number of carbonyl (C=O) groups excluding carboxylic acids is 1. The van der Waals surface area contributed by atoms with Gasteiger partial charge in [0.15, 0.2) is 0 Å². The van der Waals surface area contributed by atoms with E-state index in [0.29, 0.717) is 17.5 Å². The summed E-state index contributed by atoms with van der Waals surface area (Å²) in [5.41, 5.74) is -1.87. The number of amidine groups is 1. The number of aromatic amines is 1. The van der Waals surface area contributed by atoms with Crippen molar-refractivity contribution < 1.29 is 27.9 Å². The van der Waals surface area contributed by atoms with E-state index in [2.05, 4.69) is 15.3 Å². The second-order valence-corrected chi connectivity index (χ2v) is 6.40. The molecule has 8 heteroatoms. The maximum atomic E-state index is 14.2. The number of carbonyl (C=O) groups is 1. The summed E-state index contributed by atoms with van der Waals surface area (Å²) in [6, 6.07) is 11.9. The third kappa shape index (κ3) is 3.27. The molecular weight excluding hydrogens is 357 g/mol. The minimum Gasteiger partial charge on any atom is -0.247 e. The first-order valence-corrected chi connectivity index (χ1v) is 8.65. The van der Waals surface area contributed by atoms with Crippen LogP contribution in [0.2, 0.25) is 0 Å².